The minimum Gasteiger partial charge on any atom is -0.459 e. The topological polar surface area (TPSA) is 61.8 Å². The molecule has 1 saturated heterocycles. The third-order valence-electron chi connectivity index (χ3n) is 4.13. The number of ether oxygens (including phenoxy) is 3. The molecule has 0 saturated carbocycles. The maximum atomic E-state index is 12.2. The number of hydrogen-bond acceptors (Lipinski definition) is 5. The molecule has 0 aromatic heterocycles. The fraction of sp³-hybridized carbons (Fsp3) is 0.300. The van der Waals surface area contributed by atoms with E-state index in [1.807, 2.05) is 13.0 Å². The van der Waals surface area contributed by atoms with Crippen LogP contribution < -0.4 is 4.74 Å². The Kier molecular flexibility index (Phi) is 6.26. The number of rotatable bonds is 5. The molecule has 0 spiro atoms. The highest BCUT2D eigenvalue weighted by molar-refractivity contribution is 14.1. The van der Waals surface area contributed by atoms with Gasteiger partial charge in [0.05, 0.1) is 17.2 Å². The summed E-state index contributed by atoms with van der Waals surface area (Å²) in [6.45, 7) is 2.97. The Bertz CT molecular complexity index is 794. The number of hydrogen-bond donors (Lipinski definition) is 0. The van der Waals surface area contributed by atoms with E-state index < -0.39 is 11.9 Å². The molecule has 2 aromatic rings. The van der Waals surface area contributed by atoms with Gasteiger partial charge in [0.2, 0.25) is 0 Å². The average molecular weight is 466 g/mol. The third kappa shape index (κ3) is 4.82. The lowest BCUT2D eigenvalue weighted by atomic mass is 10.1. The van der Waals surface area contributed by atoms with Gasteiger partial charge in [-0.3, -0.25) is 0 Å². The SMILES string of the molecule is Cc1ccc(C(=O)Oc2ccc(C(=O)OCC3CCCO3)cc2)cc1I. The smallest absolute Gasteiger partial charge is 0.343 e. The van der Waals surface area contributed by atoms with Crippen molar-refractivity contribution in [2.75, 3.05) is 13.2 Å². The number of carbonyl (C=O) groups is 2. The lowest BCUT2D eigenvalue weighted by Gasteiger charge is -2.10. The van der Waals surface area contributed by atoms with Gasteiger partial charge in [-0.1, -0.05) is 6.07 Å². The zero-order valence-electron chi connectivity index (χ0n) is 14.4. The molecule has 0 N–H and O–H groups in total. The molecule has 1 unspecified atom stereocenters. The minimum atomic E-state index is -0.434. The molecule has 1 aliphatic rings. The molecule has 5 nitrogen and oxygen atoms in total. The van der Waals surface area contributed by atoms with E-state index in [4.69, 9.17) is 14.2 Å². The Morgan fingerprint density at radius 3 is 2.50 bits per heavy atom. The Morgan fingerprint density at radius 2 is 1.85 bits per heavy atom. The van der Waals surface area contributed by atoms with Crippen molar-refractivity contribution in [1.29, 1.82) is 0 Å². The molecule has 0 amide bonds. The Hall–Kier alpha value is -1.93. The van der Waals surface area contributed by atoms with Crippen molar-refractivity contribution in [3.05, 3.63) is 62.7 Å². The first-order valence-electron chi connectivity index (χ1n) is 8.40. The van der Waals surface area contributed by atoms with Crippen LogP contribution in [0.4, 0.5) is 0 Å². The van der Waals surface area contributed by atoms with Crippen LogP contribution >= 0.6 is 22.6 Å². The number of aryl methyl sites for hydroxylation is 1. The van der Waals surface area contributed by atoms with Crippen LogP contribution in [0.1, 0.15) is 39.1 Å². The summed E-state index contributed by atoms with van der Waals surface area (Å²) in [4.78, 5) is 24.3. The summed E-state index contributed by atoms with van der Waals surface area (Å²) in [5.41, 5.74) is 2.00. The monoisotopic (exact) mass is 466 g/mol. The molecule has 1 atom stereocenters. The summed E-state index contributed by atoms with van der Waals surface area (Å²) in [7, 11) is 0. The van der Waals surface area contributed by atoms with Crippen molar-refractivity contribution < 1.29 is 23.8 Å². The van der Waals surface area contributed by atoms with E-state index in [1.165, 1.54) is 0 Å². The number of halogens is 1. The Balaban J connectivity index is 1.57. The summed E-state index contributed by atoms with van der Waals surface area (Å²) in [6, 6.07) is 11.7. The first-order chi connectivity index (χ1) is 12.5. The lowest BCUT2D eigenvalue weighted by Crippen LogP contribution is -2.17. The first kappa shape index (κ1) is 18.8. The van der Waals surface area contributed by atoms with Gasteiger partial charge in [0.1, 0.15) is 12.4 Å². The van der Waals surface area contributed by atoms with Crippen molar-refractivity contribution in [3.8, 4) is 5.75 Å². The Morgan fingerprint density at radius 1 is 1.12 bits per heavy atom. The van der Waals surface area contributed by atoms with Gasteiger partial charge in [0.15, 0.2) is 0 Å². The molecule has 1 aliphatic heterocycles. The van der Waals surface area contributed by atoms with Crippen molar-refractivity contribution in [2.24, 2.45) is 0 Å². The van der Waals surface area contributed by atoms with Gasteiger partial charge in [-0.05, 0) is 84.3 Å². The predicted molar refractivity (Wildman–Crippen MR) is 105 cm³/mol. The Labute approximate surface area is 165 Å². The van der Waals surface area contributed by atoms with E-state index in [0.717, 1.165) is 28.6 Å². The van der Waals surface area contributed by atoms with Crippen LogP contribution in [0.3, 0.4) is 0 Å². The fourth-order valence-corrected chi connectivity index (χ4v) is 3.09. The minimum absolute atomic E-state index is 0.00326. The van der Waals surface area contributed by atoms with Crippen molar-refractivity contribution in [2.45, 2.75) is 25.9 Å². The van der Waals surface area contributed by atoms with Crippen LogP contribution in [0.15, 0.2) is 42.5 Å². The van der Waals surface area contributed by atoms with Crippen molar-refractivity contribution in [1.82, 2.24) is 0 Å². The summed E-state index contributed by atoms with van der Waals surface area (Å²) >= 11 is 2.18. The summed E-state index contributed by atoms with van der Waals surface area (Å²) in [5.74, 6) is -0.468. The molecule has 136 valence electrons. The van der Waals surface area contributed by atoms with Gasteiger partial charge in [-0.15, -0.1) is 0 Å². The van der Waals surface area contributed by atoms with Crippen LogP contribution in [-0.4, -0.2) is 31.3 Å². The van der Waals surface area contributed by atoms with Crippen LogP contribution in [0.2, 0.25) is 0 Å². The van der Waals surface area contributed by atoms with Crippen LogP contribution in [0, 0.1) is 10.5 Å². The van der Waals surface area contributed by atoms with E-state index in [0.29, 0.717) is 16.9 Å². The second-order valence-electron chi connectivity index (χ2n) is 6.11. The van der Waals surface area contributed by atoms with Gasteiger partial charge in [-0.25, -0.2) is 9.59 Å². The normalized spacial score (nSPS) is 16.3. The van der Waals surface area contributed by atoms with Gasteiger partial charge in [-0.2, -0.15) is 0 Å². The highest BCUT2D eigenvalue weighted by Gasteiger charge is 2.18. The fourth-order valence-electron chi connectivity index (χ4n) is 2.57. The molecule has 0 radical (unpaired) electrons. The molecular formula is C20H19IO5. The van der Waals surface area contributed by atoms with Gasteiger partial charge in [0, 0.05) is 10.2 Å². The standard InChI is InChI=1S/C20H19IO5/c1-13-4-5-15(11-18(13)21)20(23)26-16-8-6-14(7-9-16)19(22)25-12-17-3-2-10-24-17/h4-9,11,17H,2-3,10,12H2,1H3. The highest BCUT2D eigenvalue weighted by Crippen LogP contribution is 2.18. The molecule has 1 fully saturated rings. The largest absolute Gasteiger partial charge is 0.459 e. The van der Waals surface area contributed by atoms with E-state index >= 15 is 0 Å². The first-order valence-corrected chi connectivity index (χ1v) is 9.48. The zero-order valence-corrected chi connectivity index (χ0v) is 16.5. The zero-order chi connectivity index (χ0) is 18.5. The maximum Gasteiger partial charge on any atom is 0.343 e. The second kappa shape index (κ2) is 8.64. The quantitative estimate of drug-likeness (QED) is 0.377. The molecular weight excluding hydrogens is 447 g/mol. The van der Waals surface area contributed by atoms with Crippen LogP contribution in [0.5, 0.6) is 5.75 Å². The number of esters is 2. The molecule has 3 rings (SSSR count). The molecule has 0 bridgehead atoms. The van der Waals surface area contributed by atoms with Gasteiger partial charge in [0.25, 0.3) is 0 Å². The molecule has 0 aliphatic carbocycles. The van der Waals surface area contributed by atoms with Gasteiger partial charge < -0.3 is 14.2 Å². The van der Waals surface area contributed by atoms with Gasteiger partial charge >= 0.3 is 11.9 Å². The maximum absolute atomic E-state index is 12.2. The predicted octanol–water partition coefficient (Wildman–Crippen LogP) is 4.15. The van der Waals surface area contributed by atoms with E-state index in [2.05, 4.69) is 22.6 Å². The van der Waals surface area contributed by atoms with Crippen LogP contribution in [-0.2, 0) is 9.47 Å². The van der Waals surface area contributed by atoms with E-state index in [9.17, 15) is 9.59 Å². The summed E-state index contributed by atoms with van der Waals surface area (Å²) in [6.07, 6.45) is 1.92. The van der Waals surface area contributed by atoms with Crippen molar-refractivity contribution in [3.63, 3.8) is 0 Å². The number of carbonyl (C=O) groups excluding carboxylic acids is 2. The molecule has 1 heterocycles. The highest BCUT2D eigenvalue weighted by atomic mass is 127. The average Bonchev–Trinajstić information content (AvgIpc) is 3.16. The van der Waals surface area contributed by atoms with Crippen LogP contribution in [0.25, 0.3) is 0 Å². The summed E-state index contributed by atoms with van der Waals surface area (Å²) in [5, 5.41) is 0. The summed E-state index contributed by atoms with van der Waals surface area (Å²) < 4.78 is 17.0. The number of benzene rings is 2. The second-order valence-corrected chi connectivity index (χ2v) is 7.27. The van der Waals surface area contributed by atoms with E-state index in [1.54, 1.807) is 36.4 Å². The van der Waals surface area contributed by atoms with E-state index in [-0.39, 0.29) is 12.7 Å². The lowest BCUT2D eigenvalue weighted by molar-refractivity contribution is 0.0161. The molecule has 6 heteroatoms. The van der Waals surface area contributed by atoms with Crippen molar-refractivity contribution >= 4 is 34.5 Å². The molecule has 26 heavy (non-hydrogen) atoms. The third-order valence-corrected chi connectivity index (χ3v) is 5.29. The molecule has 2 aromatic carbocycles.